The maximum absolute atomic E-state index is 12.6. The summed E-state index contributed by atoms with van der Waals surface area (Å²) in [5, 5.41) is 8.41. The summed E-state index contributed by atoms with van der Waals surface area (Å²) in [6.07, 6.45) is 4.71. The number of hydrogen-bond acceptors (Lipinski definition) is 3. The van der Waals surface area contributed by atoms with Crippen molar-refractivity contribution in [1.29, 1.82) is 0 Å². The number of ether oxygens (including phenoxy) is 1. The molecule has 3 rings (SSSR count). The molecule has 148 valence electrons. The van der Waals surface area contributed by atoms with Gasteiger partial charge < -0.3 is 20.7 Å². The Morgan fingerprint density at radius 2 is 1.64 bits per heavy atom. The quantitative estimate of drug-likeness (QED) is 0.673. The van der Waals surface area contributed by atoms with Crippen LogP contribution < -0.4 is 20.7 Å². The van der Waals surface area contributed by atoms with Crippen molar-refractivity contribution in [2.75, 3.05) is 10.6 Å². The van der Waals surface area contributed by atoms with Gasteiger partial charge in [-0.1, -0.05) is 12.1 Å². The number of anilines is 2. The van der Waals surface area contributed by atoms with Gasteiger partial charge in [0.1, 0.15) is 5.75 Å². The van der Waals surface area contributed by atoms with Crippen molar-refractivity contribution in [3.8, 4) is 5.75 Å². The Morgan fingerprint density at radius 3 is 2.32 bits per heavy atom. The minimum Gasteiger partial charge on any atom is -0.488 e. The van der Waals surface area contributed by atoms with Gasteiger partial charge in [-0.15, -0.1) is 0 Å². The van der Waals surface area contributed by atoms with E-state index in [0.717, 1.165) is 12.8 Å². The van der Waals surface area contributed by atoms with E-state index in [1.54, 1.807) is 24.3 Å². The minimum atomic E-state index is -0.273. The van der Waals surface area contributed by atoms with E-state index >= 15 is 0 Å². The minimum absolute atomic E-state index is 0.0524. The lowest BCUT2D eigenvalue weighted by Crippen LogP contribution is -2.34. The monoisotopic (exact) mass is 381 g/mol. The Labute approximate surface area is 165 Å². The van der Waals surface area contributed by atoms with Gasteiger partial charge in [0.05, 0.1) is 11.8 Å². The molecule has 0 atom stereocenters. The average molecular weight is 381 g/mol. The summed E-state index contributed by atoms with van der Waals surface area (Å²) in [6, 6.07) is 14.1. The number of urea groups is 1. The summed E-state index contributed by atoms with van der Waals surface area (Å²) in [7, 11) is 0. The van der Waals surface area contributed by atoms with E-state index in [0.29, 0.717) is 22.7 Å². The van der Waals surface area contributed by atoms with Crippen LogP contribution >= 0.6 is 0 Å². The molecular weight excluding hydrogens is 354 g/mol. The van der Waals surface area contributed by atoms with Gasteiger partial charge in [-0.05, 0) is 75.9 Å². The Balaban J connectivity index is 1.62. The Kier molecular flexibility index (Phi) is 6.53. The summed E-state index contributed by atoms with van der Waals surface area (Å²) in [4.78, 5) is 24.4. The molecule has 1 aliphatic carbocycles. The van der Waals surface area contributed by atoms with Crippen LogP contribution in [0.4, 0.5) is 16.2 Å². The topological polar surface area (TPSA) is 79.5 Å². The lowest BCUT2D eigenvalue weighted by molar-refractivity contribution is 0.102. The van der Waals surface area contributed by atoms with Crippen LogP contribution in [0, 0.1) is 0 Å². The van der Waals surface area contributed by atoms with Crippen molar-refractivity contribution < 1.29 is 14.3 Å². The largest absolute Gasteiger partial charge is 0.488 e. The fraction of sp³-hybridized carbons (Fsp3) is 0.364. The fourth-order valence-corrected chi connectivity index (χ4v) is 3.19. The predicted octanol–water partition coefficient (Wildman–Crippen LogP) is 4.79. The van der Waals surface area contributed by atoms with Gasteiger partial charge in [-0.2, -0.15) is 0 Å². The maximum atomic E-state index is 12.6. The van der Waals surface area contributed by atoms with Crippen LogP contribution in [0.3, 0.4) is 0 Å². The molecule has 0 aliphatic heterocycles. The number of carbonyl (C=O) groups excluding carboxylic acids is 2. The lowest BCUT2D eigenvalue weighted by Gasteiger charge is -2.17. The number of amides is 3. The van der Waals surface area contributed by atoms with E-state index < -0.39 is 0 Å². The third-order valence-corrected chi connectivity index (χ3v) is 4.56. The normalized spacial score (nSPS) is 14.0. The first-order valence-corrected chi connectivity index (χ1v) is 9.76. The molecule has 3 amide bonds. The smallest absolute Gasteiger partial charge is 0.319 e. The third kappa shape index (κ3) is 5.49. The van der Waals surface area contributed by atoms with Crippen LogP contribution in [0.25, 0.3) is 0 Å². The molecule has 2 aromatic rings. The van der Waals surface area contributed by atoms with Gasteiger partial charge >= 0.3 is 6.03 Å². The number of para-hydroxylation sites is 2. The van der Waals surface area contributed by atoms with Crippen LogP contribution in [-0.4, -0.2) is 24.1 Å². The molecule has 0 unspecified atom stereocenters. The zero-order valence-electron chi connectivity index (χ0n) is 16.3. The number of benzene rings is 2. The van der Waals surface area contributed by atoms with Crippen LogP contribution in [0.5, 0.6) is 5.75 Å². The molecule has 1 aliphatic rings. The Hall–Kier alpha value is -3.02. The molecular formula is C22H27N3O3. The van der Waals surface area contributed by atoms with Crippen LogP contribution in [0.1, 0.15) is 49.9 Å². The highest BCUT2D eigenvalue weighted by atomic mass is 16.5. The van der Waals surface area contributed by atoms with Gasteiger partial charge in [0.25, 0.3) is 5.91 Å². The number of nitrogens with one attached hydrogen (secondary N) is 3. The third-order valence-electron chi connectivity index (χ3n) is 4.56. The second kappa shape index (κ2) is 9.26. The summed E-state index contributed by atoms with van der Waals surface area (Å²) >= 11 is 0. The van der Waals surface area contributed by atoms with Gasteiger partial charge in [0.2, 0.25) is 0 Å². The Morgan fingerprint density at radius 1 is 0.964 bits per heavy atom. The molecule has 0 saturated heterocycles. The molecule has 0 spiro atoms. The van der Waals surface area contributed by atoms with Crippen molar-refractivity contribution >= 4 is 23.3 Å². The first kappa shape index (κ1) is 19.7. The van der Waals surface area contributed by atoms with Crippen molar-refractivity contribution in [3.63, 3.8) is 0 Å². The predicted molar refractivity (Wildman–Crippen MR) is 111 cm³/mol. The lowest BCUT2D eigenvalue weighted by atomic mass is 10.2. The standard InChI is InChI=1S/C22H27N3O3/c1-15(2)23-22(27)24-17-13-11-16(12-14-17)21(26)25-19-9-5-6-10-20(19)28-18-7-3-4-8-18/h5-6,9-15,18H,3-4,7-8H2,1-2H3,(H,25,26)(H2,23,24,27). The SMILES string of the molecule is CC(C)NC(=O)Nc1ccc(C(=O)Nc2ccccc2OC2CCCC2)cc1. The molecule has 0 aromatic heterocycles. The van der Waals surface area contributed by atoms with Crippen molar-refractivity contribution in [1.82, 2.24) is 5.32 Å². The molecule has 1 fully saturated rings. The molecule has 6 nitrogen and oxygen atoms in total. The highest BCUT2D eigenvalue weighted by Crippen LogP contribution is 2.30. The molecule has 2 aromatic carbocycles. The van der Waals surface area contributed by atoms with Crippen molar-refractivity contribution in [2.45, 2.75) is 51.7 Å². The molecule has 0 radical (unpaired) electrons. The Bertz CT molecular complexity index is 812. The second-order valence-electron chi connectivity index (χ2n) is 7.31. The second-order valence-corrected chi connectivity index (χ2v) is 7.31. The van der Waals surface area contributed by atoms with Gasteiger partial charge in [0, 0.05) is 17.3 Å². The summed E-state index contributed by atoms with van der Waals surface area (Å²) in [5.74, 6) is 0.479. The van der Waals surface area contributed by atoms with E-state index in [2.05, 4.69) is 16.0 Å². The molecule has 28 heavy (non-hydrogen) atoms. The number of carbonyl (C=O) groups is 2. The van der Waals surface area contributed by atoms with E-state index in [9.17, 15) is 9.59 Å². The van der Waals surface area contributed by atoms with E-state index in [1.807, 2.05) is 38.1 Å². The van der Waals surface area contributed by atoms with Gasteiger partial charge in [-0.3, -0.25) is 4.79 Å². The fourth-order valence-electron chi connectivity index (χ4n) is 3.19. The maximum Gasteiger partial charge on any atom is 0.319 e. The summed E-state index contributed by atoms with van der Waals surface area (Å²) < 4.78 is 6.07. The van der Waals surface area contributed by atoms with Gasteiger partial charge in [0.15, 0.2) is 0 Å². The van der Waals surface area contributed by atoms with Gasteiger partial charge in [-0.25, -0.2) is 4.79 Å². The first-order chi connectivity index (χ1) is 13.5. The van der Waals surface area contributed by atoms with E-state index in [1.165, 1.54) is 12.8 Å². The molecule has 0 bridgehead atoms. The van der Waals surface area contributed by atoms with E-state index in [-0.39, 0.29) is 24.1 Å². The highest BCUT2D eigenvalue weighted by Gasteiger charge is 2.18. The number of hydrogen-bond donors (Lipinski definition) is 3. The molecule has 6 heteroatoms. The molecule has 1 saturated carbocycles. The van der Waals surface area contributed by atoms with Crippen molar-refractivity contribution in [3.05, 3.63) is 54.1 Å². The van der Waals surface area contributed by atoms with Crippen LogP contribution in [0.15, 0.2) is 48.5 Å². The summed E-state index contributed by atoms with van der Waals surface area (Å²) in [6.45, 7) is 3.78. The van der Waals surface area contributed by atoms with Crippen LogP contribution in [0.2, 0.25) is 0 Å². The van der Waals surface area contributed by atoms with E-state index in [4.69, 9.17) is 4.74 Å². The zero-order valence-corrected chi connectivity index (χ0v) is 16.3. The first-order valence-electron chi connectivity index (χ1n) is 9.76. The average Bonchev–Trinajstić information content (AvgIpc) is 3.16. The van der Waals surface area contributed by atoms with Crippen LogP contribution in [-0.2, 0) is 0 Å². The molecule has 3 N–H and O–H groups in total. The zero-order chi connectivity index (χ0) is 19.9. The summed E-state index contributed by atoms with van der Waals surface area (Å²) in [5.41, 5.74) is 1.79. The van der Waals surface area contributed by atoms with Crippen molar-refractivity contribution in [2.24, 2.45) is 0 Å². The number of rotatable bonds is 6. The highest BCUT2D eigenvalue weighted by molar-refractivity contribution is 6.05. The molecule has 0 heterocycles.